The number of nitrogens with zero attached hydrogens (tertiary/aromatic N) is 1. The molecule has 1 aliphatic rings. The second-order valence-corrected chi connectivity index (χ2v) is 10.6. The van der Waals surface area contributed by atoms with Crippen molar-refractivity contribution in [2.24, 2.45) is 0 Å². The Morgan fingerprint density at radius 1 is 1.12 bits per heavy atom. The van der Waals surface area contributed by atoms with Gasteiger partial charge >= 0.3 is 0 Å². The molecule has 0 N–H and O–H groups in total. The van der Waals surface area contributed by atoms with Crippen LogP contribution >= 0.6 is 48.8 Å². The van der Waals surface area contributed by atoms with Gasteiger partial charge in [0.15, 0.2) is 0 Å². The molecule has 1 aromatic heterocycles. The van der Waals surface area contributed by atoms with Crippen LogP contribution in [0.2, 0.25) is 0 Å². The molecule has 0 radical (unpaired) electrons. The quantitative estimate of drug-likeness (QED) is 0.282. The molecule has 2 nitrogen and oxygen atoms in total. The summed E-state index contributed by atoms with van der Waals surface area (Å²) in [5, 5.41) is 0. The van der Waals surface area contributed by atoms with Crippen LogP contribution in [-0.4, -0.2) is 5.91 Å². The normalized spacial score (nSPS) is 14.7. The van der Waals surface area contributed by atoms with Gasteiger partial charge in [0.1, 0.15) is 3.82 Å². The second-order valence-electron chi connectivity index (χ2n) is 6.84. The Labute approximate surface area is 173 Å². The predicted molar refractivity (Wildman–Crippen MR) is 117 cm³/mol. The molecule has 0 saturated heterocycles. The van der Waals surface area contributed by atoms with E-state index in [2.05, 4.69) is 48.8 Å². The Hall–Kier alpha value is -1.34. The highest BCUT2D eigenvalue weighted by atomic mass is 79.9. The summed E-state index contributed by atoms with van der Waals surface area (Å²) in [5.74, 6) is 0.00742. The number of hydrogen-bond acceptors (Lipinski definition) is 4. The Bertz CT molecular complexity index is 1080. The first-order chi connectivity index (χ1) is 12.3. The summed E-state index contributed by atoms with van der Waals surface area (Å²) in [6.07, 6.45) is 0. The number of carbonyl (C=O) groups is 1. The summed E-state index contributed by atoms with van der Waals surface area (Å²) in [7, 11) is 3.30. The summed E-state index contributed by atoms with van der Waals surface area (Å²) in [4.78, 5) is 16.7. The maximum Gasteiger partial charge on any atom is 0.259 e. The molecule has 0 unspecified atom stereocenters. The van der Waals surface area contributed by atoms with E-state index in [1.807, 2.05) is 35.2 Å². The molecule has 1 aliphatic heterocycles. The lowest BCUT2D eigenvalue weighted by Crippen LogP contribution is -2.48. The molecule has 2 heterocycles. The van der Waals surface area contributed by atoms with Crippen molar-refractivity contribution in [3.8, 4) is 11.1 Å². The fourth-order valence-electron chi connectivity index (χ4n) is 3.51. The van der Waals surface area contributed by atoms with Crippen LogP contribution < -0.4 is 4.90 Å². The number of rotatable bonds is 1. The highest BCUT2D eigenvalue weighted by Gasteiger charge is 2.43. The zero-order valence-corrected chi connectivity index (χ0v) is 18.5. The minimum absolute atomic E-state index is 0.00742. The fourth-order valence-corrected chi connectivity index (χ4v) is 7.06. The van der Waals surface area contributed by atoms with Gasteiger partial charge in [-0.1, -0.05) is 67.0 Å². The van der Waals surface area contributed by atoms with Crippen molar-refractivity contribution in [3.63, 3.8) is 0 Å². The number of anilines is 1. The summed E-state index contributed by atoms with van der Waals surface area (Å²) < 4.78 is 1.86. The van der Waals surface area contributed by atoms with E-state index in [0.717, 1.165) is 35.6 Å². The molecule has 132 valence electrons. The highest BCUT2D eigenvalue weighted by molar-refractivity contribution is 9.10. The lowest BCUT2D eigenvalue weighted by Gasteiger charge is -2.43. The SMILES string of the molecule is Cc1cccc2c1N(C(=O)c1ccc(Br)cc1)C(C)(C)c1ssc(=S)c1-2. The number of carbonyl (C=O) groups excluding carboxylic acids is 1. The topological polar surface area (TPSA) is 20.3 Å². The summed E-state index contributed by atoms with van der Waals surface area (Å²) in [5.41, 5.74) is 4.45. The third-order valence-corrected chi connectivity index (χ3v) is 8.63. The van der Waals surface area contributed by atoms with E-state index in [1.54, 1.807) is 20.7 Å². The Morgan fingerprint density at radius 2 is 1.81 bits per heavy atom. The number of amides is 1. The molecule has 1 amide bonds. The Kier molecular flexibility index (Phi) is 4.42. The summed E-state index contributed by atoms with van der Waals surface area (Å²) in [6, 6.07) is 13.7. The molecule has 0 fully saturated rings. The molecule has 0 saturated carbocycles. The average molecular weight is 462 g/mol. The number of benzene rings is 2. The summed E-state index contributed by atoms with van der Waals surface area (Å²) in [6.45, 7) is 6.27. The lowest BCUT2D eigenvalue weighted by atomic mass is 9.85. The zero-order chi connectivity index (χ0) is 18.6. The maximum atomic E-state index is 13.6. The second kappa shape index (κ2) is 6.37. The molecule has 6 heteroatoms. The average Bonchev–Trinajstić information content (AvgIpc) is 2.99. The zero-order valence-electron chi connectivity index (χ0n) is 14.5. The molecule has 3 aromatic rings. The van der Waals surface area contributed by atoms with Gasteiger partial charge in [0.25, 0.3) is 5.91 Å². The standard InChI is InChI=1S/C20H16BrNOS3/c1-11-5-4-6-14-15-17(25-26-19(15)24)20(2,3)22(16(11)14)18(23)12-7-9-13(21)10-8-12/h4-10H,1-3H3. The predicted octanol–water partition coefficient (Wildman–Crippen LogP) is 7.17. The van der Waals surface area contributed by atoms with Gasteiger partial charge in [-0.3, -0.25) is 9.69 Å². The van der Waals surface area contributed by atoms with E-state index < -0.39 is 5.54 Å². The van der Waals surface area contributed by atoms with Crippen molar-refractivity contribution < 1.29 is 4.79 Å². The molecular formula is C20H16BrNOS3. The van der Waals surface area contributed by atoms with Crippen LogP contribution in [0.25, 0.3) is 11.1 Å². The van der Waals surface area contributed by atoms with Crippen molar-refractivity contribution in [1.82, 2.24) is 0 Å². The van der Waals surface area contributed by atoms with Crippen LogP contribution in [0.5, 0.6) is 0 Å². The Balaban J connectivity index is 2.00. The summed E-state index contributed by atoms with van der Waals surface area (Å²) >= 11 is 9.07. The van der Waals surface area contributed by atoms with Crippen LogP contribution in [0.4, 0.5) is 5.69 Å². The molecule has 2 aromatic carbocycles. The van der Waals surface area contributed by atoms with Gasteiger partial charge in [0.05, 0.1) is 16.1 Å². The van der Waals surface area contributed by atoms with E-state index in [-0.39, 0.29) is 5.91 Å². The molecule has 0 atom stereocenters. The van der Waals surface area contributed by atoms with Crippen LogP contribution in [0.1, 0.15) is 34.6 Å². The number of hydrogen-bond donors (Lipinski definition) is 0. The van der Waals surface area contributed by atoms with Gasteiger partial charge in [0.2, 0.25) is 0 Å². The van der Waals surface area contributed by atoms with E-state index in [4.69, 9.17) is 12.2 Å². The molecule has 4 rings (SSSR count). The number of fused-ring (bicyclic) bond motifs is 3. The first-order valence-corrected chi connectivity index (χ1v) is 11.5. The van der Waals surface area contributed by atoms with Gasteiger partial charge in [-0.25, -0.2) is 0 Å². The monoisotopic (exact) mass is 461 g/mol. The van der Waals surface area contributed by atoms with Crippen molar-refractivity contribution in [1.29, 1.82) is 0 Å². The van der Waals surface area contributed by atoms with Crippen molar-refractivity contribution in [2.45, 2.75) is 26.3 Å². The largest absolute Gasteiger partial charge is 0.297 e. The van der Waals surface area contributed by atoms with Gasteiger partial charge in [-0.2, -0.15) is 0 Å². The number of halogens is 1. The third-order valence-electron chi connectivity index (χ3n) is 4.77. The van der Waals surface area contributed by atoms with Crippen LogP contribution in [0.3, 0.4) is 0 Å². The van der Waals surface area contributed by atoms with Crippen molar-refractivity contribution >= 4 is 60.4 Å². The molecular weight excluding hydrogens is 446 g/mol. The molecule has 26 heavy (non-hydrogen) atoms. The van der Waals surface area contributed by atoms with Crippen LogP contribution in [0, 0.1) is 10.7 Å². The van der Waals surface area contributed by atoms with E-state index in [9.17, 15) is 4.79 Å². The number of para-hydroxylation sites is 1. The Morgan fingerprint density at radius 3 is 2.50 bits per heavy atom. The van der Waals surface area contributed by atoms with Gasteiger partial charge in [-0.05, 0) is 50.6 Å². The smallest absolute Gasteiger partial charge is 0.259 e. The maximum absolute atomic E-state index is 13.6. The molecule has 0 spiro atoms. The lowest BCUT2D eigenvalue weighted by molar-refractivity contribution is 0.0961. The van der Waals surface area contributed by atoms with Crippen LogP contribution in [-0.2, 0) is 5.54 Å². The van der Waals surface area contributed by atoms with Crippen molar-refractivity contribution in [2.75, 3.05) is 4.90 Å². The fraction of sp³-hybridized carbons (Fsp3) is 0.200. The minimum Gasteiger partial charge on any atom is -0.297 e. The van der Waals surface area contributed by atoms with Gasteiger partial charge < -0.3 is 0 Å². The highest BCUT2D eigenvalue weighted by Crippen LogP contribution is 2.53. The van der Waals surface area contributed by atoms with Crippen LogP contribution in [0.15, 0.2) is 46.9 Å². The van der Waals surface area contributed by atoms with Gasteiger partial charge in [-0.15, -0.1) is 0 Å². The van der Waals surface area contributed by atoms with E-state index in [1.165, 1.54) is 0 Å². The van der Waals surface area contributed by atoms with Crippen molar-refractivity contribution in [3.05, 3.63) is 66.8 Å². The van der Waals surface area contributed by atoms with Gasteiger partial charge in [0, 0.05) is 21.2 Å². The van der Waals surface area contributed by atoms with E-state index in [0.29, 0.717) is 5.56 Å². The number of aryl methyl sites for hydroxylation is 1. The van der Waals surface area contributed by atoms with E-state index >= 15 is 0 Å². The third kappa shape index (κ3) is 2.62. The first kappa shape index (κ1) is 18.0. The minimum atomic E-state index is -0.461. The first-order valence-electron chi connectivity index (χ1n) is 8.16. The molecule has 0 aliphatic carbocycles. The molecule has 0 bridgehead atoms.